The normalized spacial score (nSPS) is 19.4. The Bertz CT molecular complexity index is 492. The molecule has 0 aliphatic carbocycles. The van der Waals surface area contributed by atoms with E-state index in [0.29, 0.717) is 24.3 Å². The Kier molecular flexibility index (Phi) is 5.56. The van der Waals surface area contributed by atoms with E-state index in [1.54, 1.807) is 12.1 Å². The Morgan fingerprint density at radius 2 is 2.29 bits per heavy atom. The molecule has 1 saturated heterocycles. The summed E-state index contributed by atoms with van der Waals surface area (Å²) in [6, 6.07) is 5.13. The molecule has 0 saturated carbocycles. The van der Waals surface area contributed by atoms with E-state index in [0.717, 1.165) is 25.8 Å². The fourth-order valence-electron chi connectivity index (χ4n) is 2.89. The number of benzene rings is 1. The second kappa shape index (κ2) is 7.41. The Morgan fingerprint density at radius 1 is 1.48 bits per heavy atom. The first kappa shape index (κ1) is 15.8. The van der Waals surface area contributed by atoms with Crippen LogP contribution in [0.1, 0.15) is 37.7 Å². The summed E-state index contributed by atoms with van der Waals surface area (Å²) in [5.74, 6) is -0.523. The molecule has 1 N–H and O–H groups in total. The largest absolute Gasteiger partial charge is 0.497 e. The number of ether oxygens (including phenoxy) is 1. The van der Waals surface area contributed by atoms with Gasteiger partial charge in [0, 0.05) is 30.6 Å². The smallest absolute Gasteiger partial charge is 0.303 e. The van der Waals surface area contributed by atoms with E-state index >= 15 is 0 Å². The lowest BCUT2D eigenvalue weighted by molar-refractivity contribution is -0.137. The van der Waals surface area contributed by atoms with Gasteiger partial charge in [-0.15, -0.1) is 0 Å². The predicted octanol–water partition coefficient (Wildman–Crippen LogP) is 3.05. The van der Waals surface area contributed by atoms with E-state index in [1.807, 2.05) is 0 Å². The van der Waals surface area contributed by atoms with Gasteiger partial charge in [0.15, 0.2) is 0 Å². The number of likely N-dealkylation sites (tertiary alicyclic amines) is 1. The van der Waals surface area contributed by atoms with Gasteiger partial charge in [-0.1, -0.05) is 12.5 Å². The number of hydrogen-bond acceptors (Lipinski definition) is 3. The van der Waals surface area contributed by atoms with E-state index in [4.69, 9.17) is 9.84 Å². The molecule has 1 heterocycles. The van der Waals surface area contributed by atoms with Crippen molar-refractivity contribution in [1.82, 2.24) is 4.90 Å². The highest BCUT2D eigenvalue weighted by molar-refractivity contribution is 5.66. The molecule has 1 aromatic rings. The highest BCUT2D eigenvalue weighted by atomic mass is 19.1. The van der Waals surface area contributed by atoms with Crippen molar-refractivity contribution in [3.8, 4) is 5.75 Å². The summed E-state index contributed by atoms with van der Waals surface area (Å²) >= 11 is 0. The zero-order chi connectivity index (χ0) is 15.2. The maximum Gasteiger partial charge on any atom is 0.303 e. The topological polar surface area (TPSA) is 49.8 Å². The summed E-state index contributed by atoms with van der Waals surface area (Å²) in [5, 5.41) is 8.83. The van der Waals surface area contributed by atoms with Crippen molar-refractivity contribution in [2.75, 3.05) is 13.7 Å². The van der Waals surface area contributed by atoms with Gasteiger partial charge in [0.2, 0.25) is 0 Å². The van der Waals surface area contributed by atoms with Crippen LogP contribution >= 0.6 is 0 Å². The molecule has 5 heteroatoms. The minimum absolute atomic E-state index is 0.173. The third-order valence-electron chi connectivity index (χ3n) is 4.07. The number of carboxylic acids is 1. The second-order valence-electron chi connectivity index (χ2n) is 5.51. The first-order valence-electron chi connectivity index (χ1n) is 7.38. The van der Waals surface area contributed by atoms with Gasteiger partial charge in [0.1, 0.15) is 11.6 Å². The van der Waals surface area contributed by atoms with E-state index in [2.05, 4.69) is 4.90 Å². The monoisotopic (exact) mass is 295 g/mol. The molecule has 1 aromatic carbocycles. The van der Waals surface area contributed by atoms with Crippen molar-refractivity contribution < 1.29 is 19.0 Å². The number of piperidine rings is 1. The molecule has 116 valence electrons. The quantitative estimate of drug-likeness (QED) is 0.876. The van der Waals surface area contributed by atoms with Crippen LogP contribution in [0.15, 0.2) is 18.2 Å². The first-order valence-corrected chi connectivity index (χ1v) is 7.38. The van der Waals surface area contributed by atoms with Crippen LogP contribution in [0.3, 0.4) is 0 Å². The van der Waals surface area contributed by atoms with Gasteiger partial charge in [-0.05, 0) is 31.9 Å². The van der Waals surface area contributed by atoms with E-state index in [1.165, 1.54) is 13.2 Å². The molecule has 1 aliphatic rings. The van der Waals surface area contributed by atoms with Crippen LogP contribution in [0, 0.1) is 5.82 Å². The average molecular weight is 295 g/mol. The number of rotatable bonds is 6. The molecular formula is C16H22FNO3. The fraction of sp³-hybridized carbons (Fsp3) is 0.562. The van der Waals surface area contributed by atoms with Crippen molar-refractivity contribution in [3.63, 3.8) is 0 Å². The average Bonchev–Trinajstić information content (AvgIpc) is 2.48. The maximum atomic E-state index is 14.0. The summed E-state index contributed by atoms with van der Waals surface area (Å²) < 4.78 is 19.0. The molecule has 0 amide bonds. The highest BCUT2D eigenvalue weighted by Crippen LogP contribution is 2.25. The molecule has 2 rings (SSSR count). The maximum absolute atomic E-state index is 14.0. The third kappa shape index (κ3) is 4.43. The fourth-order valence-corrected chi connectivity index (χ4v) is 2.89. The highest BCUT2D eigenvalue weighted by Gasteiger charge is 2.23. The molecule has 0 bridgehead atoms. The molecule has 1 unspecified atom stereocenters. The molecule has 0 radical (unpaired) electrons. The lowest BCUT2D eigenvalue weighted by Gasteiger charge is -2.35. The number of halogens is 1. The SMILES string of the molecule is COc1ccc(CN2CCCCC2CCC(=O)O)c(F)c1. The molecular weight excluding hydrogens is 273 g/mol. The Hall–Kier alpha value is -1.62. The van der Waals surface area contributed by atoms with Crippen LogP contribution in [0.4, 0.5) is 4.39 Å². The Morgan fingerprint density at radius 3 is 2.95 bits per heavy atom. The van der Waals surface area contributed by atoms with Crippen molar-refractivity contribution in [2.45, 2.75) is 44.7 Å². The third-order valence-corrected chi connectivity index (χ3v) is 4.07. The number of carboxylic acid groups (broad SMARTS) is 1. The number of methoxy groups -OCH3 is 1. The summed E-state index contributed by atoms with van der Waals surface area (Å²) in [6.07, 6.45) is 4.00. The van der Waals surface area contributed by atoms with Gasteiger partial charge in [-0.2, -0.15) is 0 Å². The van der Waals surface area contributed by atoms with Crippen molar-refractivity contribution in [2.24, 2.45) is 0 Å². The summed E-state index contributed by atoms with van der Waals surface area (Å²) in [5.41, 5.74) is 0.637. The van der Waals surface area contributed by atoms with Crippen LogP contribution in [-0.2, 0) is 11.3 Å². The number of hydrogen-bond donors (Lipinski definition) is 1. The minimum Gasteiger partial charge on any atom is -0.497 e. The van der Waals surface area contributed by atoms with Crippen LogP contribution in [-0.4, -0.2) is 35.7 Å². The molecule has 4 nitrogen and oxygen atoms in total. The van der Waals surface area contributed by atoms with E-state index < -0.39 is 5.97 Å². The summed E-state index contributed by atoms with van der Waals surface area (Å²) in [6.45, 7) is 1.43. The zero-order valence-corrected chi connectivity index (χ0v) is 12.3. The van der Waals surface area contributed by atoms with E-state index in [9.17, 15) is 9.18 Å². The lowest BCUT2D eigenvalue weighted by Crippen LogP contribution is -2.39. The number of aliphatic carboxylic acids is 1. The summed E-state index contributed by atoms with van der Waals surface area (Å²) in [7, 11) is 1.51. The minimum atomic E-state index is -0.767. The van der Waals surface area contributed by atoms with E-state index in [-0.39, 0.29) is 18.3 Å². The Balaban J connectivity index is 2.02. The van der Waals surface area contributed by atoms with Gasteiger partial charge < -0.3 is 9.84 Å². The van der Waals surface area contributed by atoms with Gasteiger partial charge in [0.25, 0.3) is 0 Å². The summed E-state index contributed by atoms with van der Waals surface area (Å²) in [4.78, 5) is 12.9. The van der Waals surface area contributed by atoms with Crippen LogP contribution in [0.25, 0.3) is 0 Å². The van der Waals surface area contributed by atoms with Crippen LogP contribution in [0.5, 0.6) is 5.75 Å². The second-order valence-corrected chi connectivity index (χ2v) is 5.51. The number of nitrogens with zero attached hydrogens (tertiary/aromatic N) is 1. The van der Waals surface area contributed by atoms with Gasteiger partial charge in [-0.25, -0.2) is 4.39 Å². The zero-order valence-electron chi connectivity index (χ0n) is 12.3. The molecule has 0 aromatic heterocycles. The van der Waals surface area contributed by atoms with Crippen LogP contribution in [0.2, 0.25) is 0 Å². The van der Waals surface area contributed by atoms with Crippen molar-refractivity contribution in [1.29, 1.82) is 0 Å². The van der Waals surface area contributed by atoms with Crippen molar-refractivity contribution in [3.05, 3.63) is 29.6 Å². The predicted molar refractivity (Wildman–Crippen MR) is 77.9 cm³/mol. The standard InChI is InChI=1S/C16H22FNO3/c1-21-14-7-5-12(15(17)10-14)11-18-9-3-2-4-13(18)6-8-16(19)20/h5,7,10,13H,2-4,6,8-9,11H2,1H3,(H,19,20). The Labute approximate surface area is 124 Å². The van der Waals surface area contributed by atoms with Gasteiger partial charge in [0.05, 0.1) is 7.11 Å². The van der Waals surface area contributed by atoms with Gasteiger partial charge >= 0.3 is 5.97 Å². The van der Waals surface area contributed by atoms with Crippen LogP contribution < -0.4 is 4.74 Å². The molecule has 21 heavy (non-hydrogen) atoms. The first-order chi connectivity index (χ1) is 10.1. The molecule has 1 aliphatic heterocycles. The molecule has 0 spiro atoms. The number of carbonyl (C=O) groups is 1. The van der Waals surface area contributed by atoms with Crippen molar-refractivity contribution >= 4 is 5.97 Å². The lowest BCUT2D eigenvalue weighted by atomic mass is 9.97. The van der Waals surface area contributed by atoms with Gasteiger partial charge in [-0.3, -0.25) is 9.69 Å². The molecule has 1 atom stereocenters. The molecule has 1 fully saturated rings.